The molecule has 0 aromatic heterocycles. The van der Waals surface area contributed by atoms with Crippen molar-refractivity contribution >= 4 is 23.6 Å². The number of methoxy groups -OCH3 is 2. The molecule has 2 aromatic carbocycles. The topological polar surface area (TPSA) is 90.6 Å². The minimum atomic E-state index is -4.48. The fourth-order valence-corrected chi connectivity index (χ4v) is 2.35. The molecule has 28 heavy (non-hydrogen) atoms. The molecular formula is C19H17F3N2O4. The Morgan fingerprint density at radius 2 is 1.71 bits per heavy atom. The van der Waals surface area contributed by atoms with Gasteiger partial charge in [-0.1, -0.05) is 12.1 Å². The van der Waals surface area contributed by atoms with Gasteiger partial charge in [-0.05, 0) is 29.8 Å². The monoisotopic (exact) mass is 394 g/mol. The molecule has 0 radical (unpaired) electrons. The summed E-state index contributed by atoms with van der Waals surface area (Å²) in [5, 5.41) is 2.45. The molecular weight excluding hydrogens is 377 g/mol. The van der Waals surface area contributed by atoms with Crippen LogP contribution in [-0.2, 0) is 11.0 Å². The van der Waals surface area contributed by atoms with E-state index in [1.54, 1.807) is 0 Å². The molecule has 0 aliphatic rings. The molecule has 0 aliphatic carbocycles. The van der Waals surface area contributed by atoms with Gasteiger partial charge in [0, 0.05) is 12.1 Å². The fourth-order valence-electron chi connectivity index (χ4n) is 2.35. The van der Waals surface area contributed by atoms with Crippen molar-refractivity contribution in [2.24, 2.45) is 5.73 Å². The van der Waals surface area contributed by atoms with Gasteiger partial charge >= 0.3 is 6.18 Å². The quantitative estimate of drug-likeness (QED) is 0.734. The first-order valence-electron chi connectivity index (χ1n) is 7.88. The summed E-state index contributed by atoms with van der Waals surface area (Å²) in [6.45, 7) is 0. The van der Waals surface area contributed by atoms with Gasteiger partial charge in [0.25, 0.3) is 5.91 Å². The predicted molar refractivity (Wildman–Crippen MR) is 97.2 cm³/mol. The normalized spacial score (nSPS) is 11.3. The largest absolute Gasteiger partial charge is 0.493 e. The number of amides is 2. The summed E-state index contributed by atoms with van der Waals surface area (Å²) in [6, 6.07) is 7.17. The van der Waals surface area contributed by atoms with Crippen molar-refractivity contribution < 1.29 is 32.2 Å². The molecule has 0 saturated heterocycles. The smallest absolute Gasteiger partial charge is 0.416 e. The van der Waals surface area contributed by atoms with Crippen LogP contribution in [0.15, 0.2) is 42.5 Å². The van der Waals surface area contributed by atoms with Crippen LogP contribution in [0, 0.1) is 0 Å². The molecule has 0 aliphatic heterocycles. The Bertz CT molecular complexity index is 924. The van der Waals surface area contributed by atoms with E-state index in [9.17, 15) is 22.8 Å². The minimum Gasteiger partial charge on any atom is -0.493 e. The second-order valence-electron chi connectivity index (χ2n) is 5.56. The molecule has 2 rings (SSSR count). The Hall–Kier alpha value is -3.49. The van der Waals surface area contributed by atoms with Crippen LogP contribution in [-0.4, -0.2) is 26.0 Å². The number of nitrogens with two attached hydrogens (primary N) is 1. The van der Waals surface area contributed by atoms with Gasteiger partial charge in [-0.25, -0.2) is 0 Å². The molecule has 0 spiro atoms. The lowest BCUT2D eigenvalue weighted by Gasteiger charge is -2.13. The van der Waals surface area contributed by atoms with Gasteiger partial charge in [0.2, 0.25) is 5.91 Å². The molecule has 0 bridgehead atoms. The maximum Gasteiger partial charge on any atom is 0.416 e. The zero-order valence-electron chi connectivity index (χ0n) is 15.0. The summed E-state index contributed by atoms with van der Waals surface area (Å²) in [5.41, 5.74) is 4.73. The van der Waals surface area contributed by atoms with Gasteiger partial charge in [0.05, 0.1) is 31.0 Å². The highest BCUT2D eigenvalue weighted by molar-refractivity contribution is 6.07. The lowest BCUT2D eigenvalue weighted by molar-refractivity contribution is -0.137. The van der Waals surface area contributed by atoms with Gasteiger partial charge < -0.3 is 20.5 Å². The summed E-state index contributed by atoms with van der Waals surface area (Å²) in [6.07, 6.45) is -2.23. The Morgan fingerprint density at radius 3 is 2.29 bits per heavy atom. The number of nitrogens with one attached hydrogen (secondary N) is 1. The maximum absolute atomic E-state index is 12.7. The van der Waals surface area contributed by atoms with Gasteiger partial charge in [0.1, 0.15) is 0 Å². The van der Waals surface area contributed by atoms with Gasteiger partial charge in [-0.2, -0.15) is 13.2 Å². The highest BCUT2D eigenvalue weighted by Gasteiger charge is 2.30. The number of alkyl halides is 3. The molecule has 0 heterocycles. The van der Waals surface area contributed by atoms with E-state index in [0.717, 1.165) is 18.2 Å². The summed E-state index contributed by atoms with van der Waals surface area (Å²) < 4.78 is 48.4. The highest BCUT2D eigenvalue weighted by atomic mass is 19.4. The zero-order chi connectivity index (χ0) is 20.9. The maximum atomic E-state index is 12.7. The van der Waals surface area contributed by atoms with Crippen LogP contribution >= 0.6 is 0 Å². The van der Waals surface area contributed by atoms with E-state index in [-0.39, 0.29) is 28.3 Å². The lowest BCUT2D eigenvalue weighted by atomic mass is 10.1. The van der Waals surface area contributed by atoms with Crippen molar-refractivity contribution in [2.45, 2.75) is 6.18 Å². The molecule has 9 heteroatoms. The third kappa shape index (κ3) is 5.03. The summed E-state index contributed by atoms with van der Waals surface area (Å²) in [5.74, 6) is -0.983. The standard InChI is InChI=1S/C19H17F3N2O4/c1-27-15-9-13(18(23)26)14(10-16(15)28-2)24-17(25)7-6-11-4-3-5-12(8-11)19(20,21)22/h3-10H,1-2H3,(H2,23,26)(H,24,25)/b7-6+. The first-order chi connectivity index (χ1) is 13.2. The number of anilines is 1. The second-order valence-corrected chi connectivity index (χ2v) is 5.56. The van der Waals surface area contributed by atoms with E-state index >= 15 is 0 Å². The van der Waals surface area contributed by atoms with Crippen LogP contribution in [0.1, 0.15) is 21.5 Å². The first-order valence-corrected chi connectivity index (χ1v) is 7.88. The molecule has 3 N–H and O–H groups in total. The van der Waals surface area contributed by atoms with Crippen molar-refractivity contribution in [2.75, 3.05) is 19.5 Å². The van der Waals surface area contributed by atoms with Crippen molar-refractivity contribution in [3.05, 3.63) is 59.2 Å². The summed E-state index contributed by atoms with van der Waals surface area (Å²) in [4.78, 5) is 23.8. The molecule has 2 aromatic rings. The third-order valence-electron chi connectivity index (χ3n) is 3.69. The Morgan fingerprint density at radius 1 is 1.07 bits per heavy atom. The van der Waals surface area contributed by atoms with Crippen molar-refractivity contribution in [3.63, 3.8) is 0 Å². The third-order valence-corrected chi connectivity index (χ3v) is 3.69. The average Bonchev–Trinajstić information content (AvgIpc) is 2.65. The fraction of sp³-hybridized carbons (Fsp3) is 0.158. The van der Waals surface area contributed by atoms with E-state index in [1.165, 1.54) is 44.6 Å². The van der Waals surface area contributed by atoms with Crippen molar-refractivity contribution in [1.29, 1.82) is 0 Å². The van der Waals surface area contributed by atoms with Crippen LogP contribution in [0.3, 0.4) is 0 Å². The van der Waals surface area contributed by atoms with Crippen LogP contribution in [0.5, 0.6) is 11.5 Å². The predicted octanol–water partition coefficient (Wildman–Crippen LogP) is 3.47. The number of carbonyl (C=O) groups excluding carboxylic acids is 2. The Labute approximate surface area is 158 Å². The summed E-state index contributed by atoms with van der Waals surface area (Å²) in [7, 11) is 2.75. The highest BCUT2D eigenvalue weighted by Crippen LogP contribution is 2.33. The molecule has 0 fully saturated rings. The summed E-state index contributed by atoms with van der Waals surface area (Å²) >= 11 is 0. The number of ether oxygens (including phenoxy) is 2. The minimum absolute atomic E-state index is 0.0153. The zero-order valence-corrected chi connectivity index (χ0v) is 15.0. The number of rotatable bonds is 6. The van der Waals surface area contributed by atoms with E-state index < -0.39 is 23.6 Å². The number of hydrogen-bond acceptors (Lipinski definition) is 4. The molecule has 6 nitrogen and oxygen atoms in total. The lowest BCUT2D eigenvalue weighted by Crippen LogP contribution is -2.17. The first kappa shape index (κ1) is 20.8. The molecule has 0 unspecified atom stereocenters. The molecule has 0 atom stereocenters. The number of primary amides is 1. The Balaban J connectivity index is 2.25. The van der Waals surface area contributed by atoms with Crippen LogP contribution < -0.4 is 20.5 Å². The number of benzene rings is 2. The molecule has 148 valence electrons. The SMILES string of the molecule is COc1cc(NC(=O)/C=C/c2cccc(C(F)(F)F)c2)c(C(N)=O)cc1OC. The van der Waals surface area contributed by atoms with Crippen LogP contribution in [0.2, 0.25) is 0 Å². The number of carbonyl (C=O) groups is 2. The van der Waals surface area contributed by atoms with Crippen molar-refractivity contribution in [3.8, 4) is 11.5 Å². The van der Waals surface area contributed by atoms with E-state index in [2.05, 4.69) is 5.32 Å². The van der Waals surface area contributed by atoms with E-state index in [0.29, 0.717) is 0 Å². The average molecular weight is 394 g/mol. The van der Waals surface area contributed by atoms with E-state index in [4.69, 9.17) is 15.2 Å². The second kappa shape index (κ2) is 8.47. The van der Waals surface area contributed by atoms with Gasteiger partial charge in [-0.3, -0.25) is 9.59 Å². The van der Waals surface area contributed by atoms with Crippen LogP contribution in [0.4, 0.5) is 18.9 Å². The molecule has 2 amide bonds. The van der Waals surface area contributed by atoms with Gasteiger partial charge in [0.15, 0.2) is 11.5 Å². The Kier molecular flexibility index (Phi) is 6.29. The number of hydrogen-bond donors (Lipinski definition) is 2. The van der Waals surface area contributed by atoms with Crippen LogP contribution in [0.25, 0.3) is 6.08 Å². The van der Waals surface area contributed by atoms with E-state index in [1.807, 2.05) is 0 Å². The molecule has 0 saturated carbocycles. The van der Waals surface area contributed by atoms with Crippen molar-refractivity contribution in [1.82, 2.24) is 0 Å². The number of halogens is 3. The van der Waals surface area contributed by atoms with Gasteiger partial charge in [-0.15, -0.1) is 0 Å².